The Bertz CT molecular complexity index is 1130. The van der Waals surface area contributed by atoms with Gasteiger partial charge in [0.25, 0.3) is 5.69 Å². The molecule has 0 amide bonds. The van der Waals surface area contributed by atoms with Crippen molar-refractivity contribution >= 4 is 35.3 Å². The van der Waals surface area contributed by atoms with Gasteiger partial charge in [-0.2, -0.15) is 10.1 Å². The van der Waals surface area contributed by atoms with Gasteiger partial charge in [0.1, 0.15) is 16.5 Å². The highest BCUT2D eigenvalue weighted by atomic mass is 35.5. The minimum Gasteiger partial charge on any atom is -0.455 e. The van der Waals surface area contributed by atoms with Crippen molar-refractivity contribution in [1.82, 2.24) is 9.97 Å². The second-order valence-electron chi connectivity index (χ2n) is 6.46. The van der Waals surface area contributed by atoms with Crippen LogP contribution in [0.1, 0.15) is 5.76 Å². The van der Waals surface area contributed by atoms with Gasteiger partial charge in [-0.3, -0.25) is 10.1 Å². The van der Waals surface area contributed by atoms with E-state index in [-0.39, 0.29) is 22.5 Å². The molecule has 0 unspecified atom stereocenters. The molecular formula is C19H16ClFN6O4. The number of hydrogen-bond acceptors (Lipinski definition) is 9. The molecule has 3 aromatic rings. The molecule has 1 N–H and O–H groups in total. The number of hydrazone groups is 1. The standard InChI is InChI=1S/C19H16ClFN6O4/c20-14-3-1-12(9-16(14)27(28)29)17-4-2-13(31-17)10-23-25-19-22-11-15(21)18(24-19)26-5-7-30-8-6-26/h1-4,9-11H,5-8H2,(H,22,24,25)/b23-10-. The molecule has 0 radical (unpaired) electrons. The van der Waals surface area contributed by atoms with Gasteiger partial charge in [0.2, 0.25) is 5.95 Å². The van der Waals surface area contributed by atoms with Crippen LogP contribution in [0, 0.1) is 15.9 Å². The number of halogens is 2. The predicted molar refractivity (Wildman–Crippen MR) is 112 cm³/mol. The summed E-state index contributed by atoms with van der Waals surface area (Å²) in [5, 5.41) is 15.1. The highest BCUT2D eigenvalue weighted by Crippen LogP contribution is 2.31. The van der Waals surface area contributed by atoms with E-state index in [0.29, 0.717) is 43.4 Å². The molecule has 1 aliphatic rings. The second kappa shape index (κ2) is 9.06. The van der Waals surface area contributed by atoms with Crippen LogP contribution in [0.2, 0.25) is 5.02 Å². The average Bonchev–Trinajstić information content (AvgIpc) is 3.24. The van der Waals surface area contributed by atoms with E-state index in [1.165, 1.54) is 18.3 Å². The number of ether oxygens (including phenoxy) is 1. The first kappa shape index (κ1) is 20.7. The Morgan fingerprint density at radius 3 is 2.87 bits per heavy atom. The summed E-state index contributed by atoms with van der Waals surface area (Å²) in [5.41, 5.74) is 2.93. The van der Waals surface area contributed by atoms with Crippen molar-refractivity contribution in [3.8, 4) is 11.3 Å². The highest BCUT2D eigenvalue weighted by molar-refractivity contribution is 6.32. The number of nitrogens with one attached hydrogen (secondary N) is 1. The van der Waals surface area contributed by atoms with Gasteiger partial charge in [-0.1, -0.05) is 11.6 Å². The lowest BCUT2D eigenvalue weighted by Crippen LogP contribution is -2.37. The summed E-state index contributed by atoms with van der Waals surface area (Å²) in [6.07, 6.45) is 2.46. The Hall–Kier alpha value is -3.57. The summed E-state index contributed by atoms with van der Waals surface area (Å²) in [4.78, 5) is 20.3. The number of morpholine rings is 1. The molecule has 1 saturated heterocycles. The number of rotatable bonds is 6. The van der Waals surface area contributed by atoms with Crippen LogP contribution in [0.5, 0.6) is 0 Å². The van der Waals surface area contributed by atoms with Gasteiger partial charge in [-0.05, 0) is 24.3 Å². The molecular weight excluding hydrogens is 431 g/mol. The van der Waals surface area contributed by atoms with Crippen LogP contribution in [0.3, 0.4) is 0 Å². The molecule has 0 aliphatic carbocycles. The van der Waals surface area contributed by atoms with E-state index in [1.54, 1.807) is 23.1 Å². The molecule has 0 saturated carbocycles. The van der Waals surface area contributed by atoms with E-state index in [4.69, 9.17) is 20.8 Å². The molecule has 2 aromatic heterocycles. The van der Waals surface area contributed by atoms with E-state index in [2.05, 4.69) is 20.5 Å². The molecule has 160 valence electrons. The summed E-state index contributed by atoms with van der Waals surface area (Å²) < 4.78 is 25.0. The van der Waals surface area contributed by atoms with Crippen LogP contribution in [0.15, 0.2) is 46.0 Å². The van der Waals surface area contributed by atoms with E-state index >= 15 is 0 Å². The maximum atomic E-state index is 14.1. The van der Waals surface area contributed by atoms with Crippen molar-refractivity contribution in [3.05, 3.63) is 63.2 Å². The largest absolute Gasteiger partial charge is 0.455 e. The van der Waals surface area contributed by atoms with Crippen molar-refractivity contribution in [2.45, 2.75) is 0 Å². The minimum absolute atomic E-state index is 0.0436. The van der Waals surface area contributed by atoms with E-state index in [1.807, 2.05) is 0 Å². The predicted octanol–water partition coefficient (Wildman–Crippen LogP) is 3.72. The lowest BCUT2D eigenvalue weighted by molar-refractivity contribution is -0.384. The fourth-order valence-electron chi connectivity index (χ4n) is 2.95. The van der Waals surface area contributed by atoms with Crippen LogP contribution in [-0.2, 0) is 4.74 Å². The van der Waals surface area contributed by atoms with Crippen LogP contribution in [0.4, 0.5) is 21.8 Å². The zero-order valence-corrected chi connectivity index (χ0v) is 16.8. The van der Waals surface area contributed by atoms with Gasteiger partial charge in [-0.15, -0.1) is 0 Å². The molecule has 12 heteroatoms. The molecule has 0 spiro atoms. The third-order valence-electron chi connectivity index (χ3n) is 4.45. The first-order valence-electron chi connectivity index (χ1n) is 9.20. The summed E-state index contributed by atoms with van der Waals surface area (Å²) in [6, 6.07) is 7.68. The van der Waals surface area contributed by atoms with E-state index < -0.39 is 10.7 Å². The van der Waals surface area contributed by atoms with E-state index in [0.717, 1.165) is 6.20 Å². The first-order valence-corrected chi connectivity index (χ1v) is 9.57. The Morgan fingerprint density at radius 2 is 2.10 bits per heavy atom. The van der Waals surface area contributed by atoms with Gasteiger partial charge in [0, 0.05) is 24.7 Å². The molecule has 3 heterocycles. The summed E-state index contributed by atoms with van der Waals surface area (Å²) in [7, 11) is 0. The molecule has 10 nitrogen and oxygen atoms in total. The fourth-order valence-corrected chi connectivity index (χ4v) is 3.13. The van der Waals surface area contributed by atoms with Gasteiger partial charge in [0.05, 0.1) is 30.5 Å². The van der Waals surface area contributed by atoms with Gasteiger partial charge in [-0.25, -0.2) is 14.8 Å². The summed E-state index contributed by atoms with van der Waals surface area (Å²) in [6.45, 7) is 2.08. The first-order chi connectivity index (χ1) is 15.0. The topological polar surface area (TPSA) is 119 Å². The third-order valence-corrected chi connectivity index (χ3v) is 4.77. The molecule has 1 aromatic carbocycles. The number of benzene rings is 1. The maximum Gasteiger partial charge on any atom is 0.288 e. The smallest absolute Gasteiger partial charge is 0.288 e. The lowest BCUT2D eigenvalue weighted by atomic mass is 10.1. The molecule has 0 atom stereocenters. The number of aromatic nitrogens is 2. The van der Waals surface area contributed by atoms with Crippen LogP contribution < -0.4 is 10.3 Å². The zero-order chi connectivity index (χ0) is 21.8. The highest BCUT2D eigenvalue weighted by Gasteiger charge is 2.18. The van der Waals surface area contributed by atoms with Crippen LogP contribution >= 0.6 is 11.6 Å². The van der Waals surface area contributed by atoms with Crippen molar-refractivity contribution in [3.63, 3.8) is 0 Å². The number of furan rings is 1. The Balaban J connectivity index is 1.45. The van der Waals surface area contributed by atoms with Crippen molar-refractivity contribution in [2.75, 3.05) is 36.6 Å². The monoisotopic (exact) mass is 446 g/mol. The zero-order valence-electron chi connectivity index (χ0n) is 16.0. The van der Waals surface area contributed by atoms with Crippen LogP contribution in [0.25, 0.3) is 11.3 Å². The van der Waals surface area contributed by atoms with Crippen molar-refractivity contribution in [1.29, 1.82) is 0 Å². The summed E-state index contributed by atoms with van der Waals surface area (Å²) >= 11 is 5.83. The number of hydrogen-bond donors (Lipinski definition) is 1. The molecule has 31 heavy (non-hydrogen) atoms. The Morgan fingerprint density at radius 1 is 1.29 bits per heavy atom. The Kier molecular flexibility index (Phi) is 6.05. The van der Waals surface area contributed by atoms with E-state index in [9.17, 15) is 14.5 Å². The number of nitro groups is 1. The number of anilines is 2. The molecule has 1 fully saturated rings. The SMILES string of the molecule is O=[N+]([O-])c1cc(-c2ccc(/C=N\Nc3ncc(F)c(N4CCOCC4)n3)o2)ccc1Cl. The maximum absolute atomic E-state index is 14.1. The third kappa shape index (κ3) is 4.78. The average molecular weight is 447 g/mol. The number of nitrogens with zero attached hydrogens (tertiary/aromatic N) is 5. The van der Waals surface area contributed by atoms with Gasteiger partial charge in [0.15, 0.2) is 11.6 Å². The van der Waals surface area contributed by atoms with Gasteiger partial charge < -0.3 is 14.1 Å². The lowest BCUT2D eigenvalue weighted by Gasteiger charge is -2.27. The quantitative estimate of drug-likeness (QED) is 0.345. The number of nitro benzene ring substituents is 1. The molecule has 1 aliphatic heterocycles. The van der Waals surface area contributed by atoms with Gasteiger partial charge >= 0.3 is 0 Å². The second-order valence-corrected chi connectivity index (χ2v) is 6.87. The van der Waals surface area contributed by atoms with Crippen LogP contribution in [-0.4, -0.2) is 47.4 Å². The van der Waals surface area contributed by atoms with Crippen molar-refractivity contribution in [2.24, 2.45) is 5.10 Å². The normalized spacial score (nSPS) is 14.2. The minimum atomic E-state index is -0.561. The molecule has 0 bridgehead atoms. The molecule has 4 rings (SSSR count). The fraction of sp³-hybridized carbons (Fsp3) is 0.211. The van der Waals surface area contributed by atoms with Crippen molar-refractivity contribution < 1.29 is 18.5 Å². The Labute approximate surface area is 180 Å². The summed E-state index contributed by atoms with van der Waals surface area (Å²) in [5.74, 6) is 0.577.